The number of hydrogen-bond donors (Lipinski definition) is 1. The molecule has 1 saturated heterocycles. The van der Waals surface area contributed by atoms with Crippen LogP contribution in [0.2, 0.25) is 0 Å². The highest BCUT2D eigenvalue weighted by molar-refractivity contribution is 5.82. The van der Waals surface area contributed by atoms with E-state index in [4.69, 9.17) is 4.74 Å². The largest absolute Gasteiger partial charge is 0.466 e. The number of hydrogen-bond acceptors (Lipinski definition) is 7. The van der Waals surface area contributed by atoms with Gasteiger partial charge in [-0.2, -0.15) is 0 Å². The summed E-state index contributed by atoms with van der Waals surface area (Å²) in [5, 5.41) is 13.7. The summed E-state index contributed by atoms with van der Waals surface area (Å²) < 4.78 is 7.08. The molecule has 1 N–H and O–H groups in total. The fourth-order valence-electron chi connectivity index (χ4n) is 4.70. The molecule has 9 heteroatoms. The summed E-state index contributed by atoms with van der Waals surface area (Å²) in [4.78, 5) is 31.0. The van der Waals surface area contributed by atoms with Crippen molar-refractivity contribution in [3.63, 3.8) is 0 Å². The minimum absolute atomic E-state index is 0.127. The highest BCUT2D eigenvalue weighted by Gasteiger charge is 2.37. The highest BCUT2D eigenvalue weighted by atomic mass is 16.5. The maximum atomic E-state index is 13.4. The number of carbonyl (C=O) groups excluding carboxylic acids is 1. The lowest BCUT2D eigenvalue weighted by molar-refractivity contribution is -0.149. The summed E-state index contributed by atoms with van der Waals surface area (Å²) in [7, 11) is 0. The molecule has 0 aliphatic carbocycles. The van der Waals surface area contributed by atoms with Crippen LogP contribution in [0.5, 0.6) is 0 Å². The van der Waals surface area contributed by atoms with Crippen molar-refractivity contribution in [3.05, 3.63) is 51.6 Å². The van der Waals surface area contributed by atoms with Crippen LogP contribution in [0, 0.1) is 12.8 Å². The number of ether oxygens (including phenoxy) is 1. The zero-order chi connectivity index (χ0) is 24.5. The van der Waals surface area contributed by atoms with E-state index >= 15 is 0 Å². The maximum absolute atomic E-state index is 13.4. The Hall–Kier alpha value is -3.07. The van der Waals surface area contributed by atoms with Crippen LogP contribution in [-0.2, 0) is 15.1 Å². The van der Waals surface area contributed by atoms with Crippen LogP contribution >= 0.6 is 0 Å². The van der Waals surface area contributed by atoms with Crippen molar-refractivity contribution < 1.29 is 9.53 Å². The average molecular weight is 467 g/mol. The van der Waals surface area contributed by atoms with Crippen molar-refractivity contribution in [2.45, 2.75) is 65.5 Å². The van der Waals surface area contributed by atoms with Crippen LogP contribution < -0.4 is 5.56 Å². The first kappa shape index (κ1) is 24.1. The molecule has 1 aromatic carbocycles. The van der Waals surface area contributed by atoms with Crippen molar-refractivity contribution >= 4 is 16.9 Å². The summed E-state index contributed by atoms with van der Waals surface area (Å²) in [6, 6.07) is 7.51. The van der Waals surface area contributed by atoms with E-state index in [2.05, 4.69) is 46.2 Å². The number of benzene rings is 1. The smallest absolute Gasteiger partial charge is 0.309 e. The van der Waals surface area contributed by atoms with E-state index in [0.29, 0.717) is 43.9 Å². The molecule has 0 radical (unpaired) electrons. The fourth-order valence-corrected chi connectivity index (χ4v) is 4.70. The SMILES string of the molecule is CCOC(=O)C1CCN([C@H](c2cc3cccc(C)c3[nH]c2=O)c2nnnn2C(C)(C)CC)CC1. The average Bonchev–Trinajstić information content (AvgIpc) is 3.31. The van der Waals surface area contributed by atoms with E-state index in [9.17, 15) is 9.59 Å². The monoisotopic (exact) mass is 466 g/mol. The molecule has 0 saturated carbocycles. The molecule has 9 nitrogen and oxygen atoms in total. The number of fused-ring (bicyclic) bond motifs is 1. The van der Waals surface area contributed by atoms with Crippen LogP contribution in [0.1, 0.15) is 70.0 Å². The van der Waals surface area contributed by atoms with Crippen molar-refractivity contribution in [2.24, 2.45) is 5.92 Å². The van der Waals surface area contributed by atoms with Gasteiger partial charge in [-0.25, -0.2) is 4.68 Å². The van der Waals surface area contributed by atoms with Crippen LogP contribution in [0.15, 0.2) is 29.1 Å². The molecule has 3 heterocycles. The molecule has 1 atom stereocenters. The lowest BCUT2D eigenvalue weighted by Crippen LogP contribution is -2.43. The minimum atomic E-state index is -0.433. The van der Waals surface area contributed by atoms with Crippen LogP contribution in [0.3, 0.4) is 0 Å². The first-order valence-electron chi connectivity index (χ1n) is 12.1. The minimum Gasteiger partial charge on any atom is -0.466 e. The molecule has 1 fully saturated rings. The van der Waals surface area contributed by atoms with Gasteiger partial charge in [0.1, 0.15) is 6.04 Å². The molecule has 0 unspecified atom stereocenters. The molecule has 0 bridgehead atoms. The summed E-state index contributed by atoms with van der Waals surface area (Å²) in [6.07, 6.45) is 2.16. The van der Waals surface area contributed by atoms with Crippen molar-refractivity contribution in [1.82, 2.24) is 30.1 Å². The number of rotatable bonds is 7. The molecule has 1 aliphatic rings. The van der Waals surface area contributed by atoms with Gasteiger partial charge in [0, 0.05) is 18.7 Å². The first-order valence-corrected chi connectivity index (χ1v) is 12.1. The highest BCUT2D eigenvalue weighted by Crippen LogP contribution is 2.33. The van der Waals surface area contributed by atoms with Gasteiger partial charge >= 0.3 is 5.97 Å². The third-order valence-corrected chi connectivity index (χ3v) is 7.10. The number of para-hydroxylation sites is 1. The first-order chi connectivity index (χ1) is 16.3. The topological polar surface area (TPSA) is 106 Å². The normalized spacial score (nSPS) is 16.6. The van der Waals surface area contributed by atoms with Crippen molar-refractivity contribution in [3.8, 4) is 0 Å². The molecule has 2 aromatic heterocycles. The Bertz CT molecular complexity index is 1220. The third-order valence-electron chi connectivity index (χ3n) is 7.10. The van der Waals surface area contributed by atoms with E-state index < -0.39 is 6.04 Å². The number of nitrogens with zero attached hydrogens (tertiary/aromatic N) is 5. The van der Waals surface area contributed by atoms with Crippen molar-refractivity contribution in [2.75, 3.05) is 19.7 Å². The van der Waals surface area contributed by atoms with Gasteiger partial charge in [-0.05, 0) is 74.4 Å². The molecular formula is C25H34N6O3. The molecule has 0 spiro atoms. The van der Waals surface area contributed by atoms with Gasteiger partial charge in [0.25, 0.3) is 5.56 Å². The number of tetrazole rings is 1. The Labute approximate surface area is 199 Å². The Morgan fingerprint density at radius 3 is 2.68 bits per heavy atom. The standard InChI is InChI=1S/C25H34N6O3/c1-6-25(4,5)31-22(27-28-29-31)21(30-13-11-17(12-14-30)24(33)34-7-2)19-15-18-10-8-9-16(3)20(18)26-23(19)32/h8-10,15,17,21H,6-7,11-14H2,1-5H3,(H,26,32)/t21-/m1/s1. The Balaban J connectivity index is 1.79. The summed E-state index contributed by atoms with van der Waals surface area (Å²) >= 11 is 0. The third kappa shape index (κ3) is 4.49. The van der Waals surface area contributed by atoms with E-state index in [1.54, 1.807) is 0 Å². The van der Waals surface area contributed by atoms with E-state index in [-0.39, 0.29) is 23.0 Å². The van der Waals surface area contributed by atoms with Gasteiger partial charge in [0.05, 0.1) is 23.6 Å². The Morgan fingerprint density at radius 2 is 2.00 bits per heavy atom. The second-order valence-corrected chi connectivity index (χ2v) is 9.67. The Kier molecular flexibility index (Phi) is 6.84. The predicted molar refractivity (Wildman–Crippen MR) is 130 cm³/mol. The lowest BCUT2D eigenvalue weighted by Gasteiger charge is -2.37. The van der Waals surface area contributed by atoms with Crippen LogP contribution in [-0.4, -0.2) is 55.8 Å². The zero-order valence-corrected chi connectivity index (χ0v) is 20.7. The summed E-state index contributed by atoms with van der Waals surface area (Å²) in [5.41, 5.74) is 1.99. The van der Waals surface area contributed by atoms with Crippen molar-refractivity contribution in [1.29, 1.82) is 0 Å². The van der Waals surface area contributed by atoms with Gasteiger partial charge in [0.15, 0.2) is 5.82 Å². The van der Waals surface area contributed by atoms with E-state index in [1.807, 2.05) is 42.8 Å². The molecular weight excluding hydrogens is 432 g/mol. The number of carbonyl (C=O) groups is 1. The predicted octanol–water partition coefficient (Wildman–Crippen LogP) is 3.33. The maximum Gasteiger partial charge on any atom is 0.309 e. The number of piperidine rings is 1. The quantitative estimate of drug-likeness (QED) is 0.532. The number of aromatic amines is 1. The van der Waals surface area contributed by atoms with Gasteiger partial charge in [0.2, 0.25) is 0 Å². The summed E-state index contributed by atoms with van der Waals surface area (Å²) in [6.45, 7) is 11.7. The number of pyridine rings is 1. The molecule has 0 amide bonds. The number of esters is 1. The fraction of sp³-hybridized carbons (Fsp3) is 0.560. The van der Waals surface area contributed by atoms with Gasteiger partial charge in [-0.1, -0.05) is 25.1 Å². The molecule has 4 rings (SSSR count). The summed E-state index contributed by atoms with van der Waals surface area (Å²) in [5.74, 6) is 0.367. The Morgan fingerprint density at radius 1 is 1.26 bits per heavy atom. The number of aromatic nitrogens is 5. The molecule has 34 heavy (non-hydrogen) atoms. The molecule has 3 aromatic rings. The number of H-pyrrole nitrogens is 1. The second kappa shape index (κ2) is 9.66. The van der Waals surface area contributed by atoms with Crippen LogP contribution in [0.25, 0.3) is 10.9 Å². The number of likely N-dealkylation sites (tertiary alicyclic amines) is 1. The molecule has 1 aliphatic heterocycles. The van der Waals surface area contributed by atoms with E-state index in [0.717, 1.165) is 22.9 Å². The number of nitrogens with one attached hydrogen (secondary N) is 1. The lowest BCUT2D eigenvalue weighted by atomic mass is 9.93. The van der Waals surface area contributed by atoms with Gasteiger partial charge < -0.3 is 9.72 Å². The molecule has 182 valence electrons. The van der Waals surface area contributed by atoms with Gasteiger partial charge in [-0.15, -0.1) is 5.10 Å². The number of aryl methyl sites for hydroxylation is 1. The second-order valence-electron chi connectivity index (χ2n) is 9.67. The zero-order valence-electron chi connectivity index (χ0n) is 20.7. The van der Waals surface area contributed by atoms with E-state index in [1.165, 1.54) is 0 Å². The van der Waals surface area contributed by atoms with Crippen LogP contribution in [0.4, 0.5) is 0 Å². The van der Waals surface area contributed by atoms with Gasteiger partial charge in [-0.3, -0.25) is 14.5 Å².